The molecule has 0 aliphatic heterocycles. The predicted octanol–water partition coefficient (Wildman–Crippen LogP) is 4.91. The molecule has 0 saturated heterocycles. The van der Waals surface area contributed by atoms with Crippen molar-refractivity contribution in [1.29, 1.82) is 0 Å². The number of nitrogens with zero attached hydrogens (tertiary/aromatic N) is 2. The molecule has 1 atom stereocenters. The highest BCUT2D eigenvalue weighted by Gasteiger charge is 2.02. The van der Waals surface area contributed by atoms with Crippen molar-refractivity contribution in [3.8, 4) is 0 Å². The Labute approximate surface area is 237 Å². The van der Waals surface area contributed by atoms with Crippen LogP contribution in [-0.4, -0.2) is 98.2 Å². The summed E-state index contributed by atoms with van der Waals surface area (Å²) in [6, 6.07) is 0. The first-order valence-corrected chi connectivity index (χ1v) is 20.9. The second-order valence-corrected chi connectivity index (χ2v) is 17.2. The van der Waals surface area contributed by atoms with E-state index in [-0.39, 0.29) is 17.0 Å². The van der Waals surface area contributed by atoms with Crippen molar-refractivity contribution in [1.82, 2.24) is 5.32 Å². The van der Waals surface area contributed by atoms with Gasteiger partial charge in [-0.2, -0.15) is 0 Å². The lowest BCUT2D eigenvalue weighted by Crippen LogP contribution is -2.17. The standard InChI is InChI=1S/C16H29N3O4S10/c1-24-4-18-7-33(23)14-31-12-30-13-32-16(22)19-6-27-11-29-10-26-5-17-2-15(21)3-25-9-28-8-20/h2,7,20H,3-6,8-14H2,1H3,(H,19,22)/b17-2-,18-7-. The number of hydrogen-bond donors (Lipinski definition) is 2. The Kier molecular flexibility index (Phi) is 29.8. The average molecular weight is 648 g/mol. The minimum Gasteiger partial charge on any atom is -0.386 e. The predicted molar refractivity (Wildman–Crippen MR) is 169 cm³/mol. The van der Waals surface area contributed by atoms with Crippen LogP contribution in [0.1, 0.15) is 0 Å². The van der Waals surface area contributed by atoms with Gasteiger partial charge >= 0.3 is 0 Å². The van der Waals surface area contributed by atoms with Crippen LogP contribution < -0.4 is 5.32 Å². The zero-order chi connectivity index (χ0) is 24.4. The maximum absolute atomic E-state index is 11.8. The summed E-state index contributed by atoms with van der Waals surface area (Å²) in [7, 11) is -1.03. The van der Waals surface area contributed by atoms with Crippen LogP contribution in [0.5, 0.6) is 0 Å². The number of carbonyl (C=O) groups is 2. The van der Waals surface area contributed by atoms with E-state index in [0.29, 0.717) is 38.6 Å². The van der Waals surface area contributed by atoms with Gasteiger partial charge in [-0.1, -0.05) is 11.8 Å². The zero-order valence-electron chi connectivity index (χ0n) is 18.1. The zero-order valence-corrected chi connectivity index (χ0v) is 26.2. The molecule has 0 saturated carbocycles. The van der Waals surface area contributed by atoms with Crippen LogP contribution in [0.4, 0.5) is 4.79 Å². The van der Waals surface area contributed by atoms with Crippen molar-refractivity contribution < 1.29 is 18.9 Å². The van der Waals surface area contributed by atoms with E-state index in [9.17, 15) is 13.8 Å². The van der Waals surface area contributed by atoms with Gasteiger partial charge in [-0.05, 0) is 6.26 Å². The molecular formula is C16H29N3O4S10. The van der Waals surface area contributed by atoms with E-state index in [4.69, 9.17) is 5.11 Å². The Balaban J connectivity index is 3.40. The average Bonchev–Trinajstić information content (AvgIpc) is 2.80. The largest absolute Gasteiger partial charge is 0.386 e. The molecule has 1 amide bonds. The highest BCUT2D eigenvalue weighted by Crippen LogP contribution is 2.20. The van der Waals surface area contributed by atoms with E-state index in [1.807, 2.05) is 6.26 Å². The van der Waals surface area contributed by atoms with Crippen molar-refractivity contribution in [3.63, 3.8) is 0 Å². The van der Waals surface area contributed by atoms with Crippen LogP contribution in [0, 0.1) is 0 Å². The molecule has 0 radical (unpaired) electrons. The fourth-order valence-corrected chi connectivity index (χ4v) is 10.4. The Morgan fingerprint density at radius 1 is 0.909 bits per heavy atom. The molecule has 2 N–H and O–H groups in total. The third-order valence-corrected chi connectivity index (χ3v) is 13.2. The Morgan fingerprint density at radius 3 is 2.42 bits per heavy atom. The van der Waals surface area contributed by atoms with Crippen LogP contribution >= 0.6 is 106 Å². The highest BCUT2D eigenvalue weighted by atomic mass is 32.3. The monoisotopic (exact) mass is 647 g/mol. The van der Waals surface area contributed by atoms with Crippen molar-refractivity contribution in [3.05, 3.63) is 0 Å². The molecule has 0 aromatic carbocycles. The van der Waals surface area contributed by atoms with Gasteiger partial charge in [0.1, 0.15) is 0 Å². The van der Waals surface area contributed by atoms with Crippen molar-refractivity contribution in [2.75, 3.05) is 66.1 Å². The van der Waals surface area contributed by atoms with Gasteiger partial charge in [0.2, 0.25) is 0 Å². The number of rotatable bonds is 23. The molecule has 7 nitrogen and oxygen atoms in total. The SMILES string of the molecule is CSC/N=C\S(=O)CSCSCSC(=O)NCSCSCSC/N=C\C(=O)CSCSCO. The molecule has 0 rings (SSSR count). The topological polar surface area (TPSA) is 108 Å². The molecule has 0 fully saturated rings. The summed E-state index contributed by atoms with van der Waals surface area (Å²) >= 11 is 14.0. The Morgan fingerprint density at radius 2 is 1.64 bits per heavy atom. The summed E-state index contributed by atoms with van der Waals surface area (Å²) in [6.07, 6.45) is 3.34. The smallest absolute Gasteiger partial charge is 0.280 e. The fraction of sp³-hybridized carbons (Fsp3) is 0.750. The highest BCUT2D eigenvalue weighted by molar-refractivity contribution is 8.28. The third kappa shape index (κ3) is 28.2. The first kappa shape index (κ1) is 34.7. The number of amides is 1. The van der Waals surface area contributed by atoms with Crippen LogP contribution in [-0.2, 0) is 15.6 Å². The van der Waals surface area contributed by atoms with Gasteiger partial charge in [0, 0.05) is 25.4 Å². The number of thioether (sulfide) groups is 9. The number of ketones is 1. The molecule has 33 heavy (non-hydrogen) atoms. The number of aliphatic hydroxyl groups excluding tert-OH is 1. The molecule has 17 heteroatoms. The summed E-state index contributed by atoms with van der Waals surface area (Å²) in [4.78, 5) is 31.5. The van der Waals surface area contributed by atoms with Crippen LogP contribution in [0.25, 0.3) is 0 Å². The van der Waals surface area contributed by atoms with Gasteiger partial charge in [-0.25, -0.2) is 0 Å². The second kappa shape index (κ2) is 28.3. The van der Waals surface area contributed by atoms with Gasteiger partial charge in [0.05, 0.1) is 57.0 Å². The van der Waals surface area contributed by atoms with Gasteiger partial charge < -0.3 is 10.4 Å². The lowest BCUT2D eigenvalue weighted by atomic mass is 10.5. The minimum absolute atomic E-state index is 0.00311. The molecule has 0 spiro atoms. The molecule has 0 bridgehead atoms. The summed E-state index contributed by atoms with van der Waals surface area (Å²) in [6.45, 7) is 0. The summed E-state index contributed by atoms with van der Waals surface area (Å²) < 4.78 is 11.6. The van der Waals surface area contributed by atoms with E-state index in [0.717, 1.165) is 15.3 Å². The molecule has 0 aromatic rings. The molecule has 1 unspecified atom stereocenters. The molecular weight excluding hydrogens is 619 g/mol. The van der Waals surface area contributed by atoms with Crippen molar-refractivity contribution in [2.24, 2.45) is 9.98 Å². The molecule has 0 aliphatic rings. The summed E-state index contributed by atoms with van der Waals surface area (Å²) in [5.74, 6) is 2.24. The third-order valence-electron chi connectivity index (χ3n) is 2.59. The first-order chi connectivity index (χ1) is 16.1. The molecule has 0 aliphatic carbocycles. The Bertz CT molecular complexity index is 587. The maximum Gasteiger partial charge on any atom is 0.280 e. The number of aliphatic imine (C=N–C) groups is 2. The van der Waals surface area contributed by atoms with E-state index in [2.05, 4.69) is 15.3 Å². The molecule has 0 heterocycles. The van der Waals surface area contributed by atoms with Gasteiger partial charge in [0.15, 0.2) is 5.78 Å². The number of carbonyl (C=O) groups excluding carboxylic acids is 2. The number of hydrogen-bond acceptors (Lipinski definition) is 15. The molecule has 192 valence electrons. The fourth-order valence-electron chi connectivity index (χ4n) is 1.38. The maximum atomic E-state index is 11.8. The normalized spacial score (nSPS) is 12.5. The van der Waals surface area contributed by atoms with Crippen molar-refractivity contribution in [2.45, 2.75) is 0 Å². The summed E-state index contributed by atoms with van der Waals surface area (Å²) in [5.41, 5.74) is 1.51. The lowest BCUT2D eigenvalue weighted by Gasteiger charge is -2.04. The second-order valence-electron chi connectivity index (χ2n) is 5.16. The van der Waals surface area contributed by atoms with Crippen LogP contribution in [0.3, 0.4) is 0 Å². The van der Waals surface area contributed by atoms with Gasteiger partial charge in [0.25, 0.3) is 5.24 Å². The van der Waals surface area contributed by atoms with E-state index < -0.39 is 10.8 Å². The van der Waals surface area contributed by atoms with Crippen molar-refractivity contribution >= 4 is 139 Å². The lowest BCUT2D eigenvalue weighted by molar-refractivity contribution is -0.110. The summed E-state index contributed by atoms with van der Waals surface area (Å²) in [5, 5.41) is 15.9. The molecule has 0 aromatic heterocycles. The number of aliphatic hydroxyl groups is 1. The number of nitrogens with one attached hydrogen (secondary N) is 1. The first-order valence-electron chi connectivity index (χ1n) is 9.04. The minimum atomic E-state index is -1.03. The number of Topliss-reactive ketones (excluding diaryl/α,β-unsaturated/α-hetero) is 1. The quantitative estimate of drug-likeness (QED) is 0.0679. The van der Waals surface area contributed by atoms with E-state index in [1.165, 1.54) is 47.0 Å². The van der Waals surface area contributed by atoms with E-state index >= 15 is 0 Å². The van der Waals surface area contributed by atoms with Crippen LogP contribution in [0.2, 0.25) is 0 Å². The Hall–Kier alpha value is 1.74. The van der Waals surface area contributed by atoms with Gasteiger partial charge in [-0.3, -0.25) is 23.8 Å². The van der Waals surface area contributed by atoms with E-state index in [1.54, 1.807) is 70.6 Å². The van der Waals surface area contributed by atoms with Gasteiger partial charge in [-0.15, -0.1) is 94.1 Å². The van der Waals surface area contributed by atoms with Crippen LogP contribution in [0.15, 0.2) is 9.98 Å².